The fourth-order valence-electron chi connectivity index (χ4n) is 2.70. The number of phenolic OH excluding ortho intramolecular Hbond substituents is 2. The summed E-state index contributed by atoms with van der Waals surface area (Å²) in [6, 6.07) is 13.2. The second-order valence-corrected chi connectivity index (χ2v) is 5.88. The fraction of sp³-hybridized carbons (Fsp3) is 0.0952. The Morgan fingerprint density at radius 2 is 1.40 bits per heavy atom. The van der Waals surface area contributed by atoms with Crippen LogP contribution in [0.3, 0.4) is 0 Å². The standard InChI is InChI=1S/C21H18O4/c22-17-7-1-14(2-8-17)5-12-20(24)19-11-6-16(21(19)25)13-15-3-9-18(23)10-4-15/h1-5,7-10,12-13,22-24H,6,11H2. The van der Waals surface area contributed by atoms with Gasteiger partial charge in [0.2, 0.25) is 0 Å². The normalized spacial score (nSPS) is 18.2. The zero-order valence-corrected chi connectivity index (χ0v) is 13.5. The van der Waals surface area contributed by atoms with Gasteiger partial charge in [-0.15, -0.1) is 0 Å². The number of phenols is 2. The van der Waals surface area contributed by atoms with E-state index in [0.29, 0.717) is 24.0 Å². The minimum Gasteiger partial charge on any atom is -0.508 e. The van der Waals surface area contributed by atoms with Crippen molar-refractivity contribution in [3.05, 3.63) is 82.6 Å². The minimum atomic E-state index is -0.152. The Labute approximate surface area is 145 Å². The zero-order chi connectivity index (χ0) is 17.8. The molecule has 3 N–H and O–H groups in total. The predicted molar refractivity (Wildman–Crippen MR) is 97.1 cm³/mol. The molecule has 0 atom stereocenters. The van der Waals surface area contributed by atoms with Crippen molar-refractivity contribution in [3.63, 3.8) is 0 Å². The van der Waals surface area contributed by atoms with E-state index in [1.807, 2.05) is 0 Å². The molecule has 0 saturated heterocycles. The van der Waals surface area contributed by atoms with Crippen molar-refractivity contribution in [2.45, 2.75) is 12.8 Å². The van der Waals surface area contributed by atoms with Crippen LogP contribution in [0.4, 0.5) is 0 Å². The van der Waals surface area contributed by atoms with E-state index in [1.165, 1.54) is 6.08 Å². The smallest absolute Gasteiger partial charge is 0.188 e. The highest BCUT2D eigenvalue weighted by atomic mass is 16.3. The summed E-state index contributed by atoms with van der Waals surface area (Å²) in [7, 11) is 0. The molecule has 1 aliphatic carbocycles. The zero-order valence-electron chi connectivity index (χ0n) is 13.5. The lowest BCUT2D eigenvalue weighted by Gasteiger charge is -1.99. The van der Waals surface area contributed by atoms with Gasteiger partial charge in [0.15, 0.2) is 5.78 Å². The first kappa shape index (κ1) is 16.6. The molecule has 4 heteroatoms. The summed E-state index contributed by atoms with van der Waals surface area (Å²) in [4.78, 5) is 12.5. The number of hydrogen-bond donors (Lipinski definition) is 3. The van der Waals surface area contributed by atoms with Gasteiger partial charge in [0, 0.05) is 11.1 Å². The molecule has 2 aromatic rings. The van der Waals surface area contributed by atoms with E-state index >= 15 is 0 Å². The van der Waals surface area contributed by atoms with Crippen molar-refractivity contribution in [3.8, 4) is 11.5 Å². The van der Waals surface area contributed by atoms with Crippen LogP contribution in [0.25, 0.3) is 12.2 Å². The van der Waals surface area contributed by atoms with Gasteiger partial charge in [0.1, 0.15) is 17.3 Å². The van der Waals surface area contributed by atoms with Crippen LogP contribution < -0.4 is 0 Å². The first-order valence-corrected chi connectivity index (χ1v) is 7.96. The van der Waals surface area contributed by atoms with Crippen LogP contribution in [0.2, 0.25) is 0 Å². The van der Waals surface area contributed by atoms with Gasteiger partial charge in [0.25, 0.3) is 0 Å². The summed E-state index contributed by atoms with van der Waals surface area (Å²) in [6.07, 6.45) is 6.05. The maximum absolute atomic E-state index is 12.5. The van der Waals surface area contributed by atoms with Gasteiger partial charge in [0.05, 0.1) is 0 Å². The Balaban J connectivity index is 1.78. The number of benzene rings is 2. The Morgan fingerprint density at radius 1 is 0.840 bits per heavy atom. The summed E-state index contributed by atoms with van der Waals surface area (Å²) in [5, 5.41) is 28.8. The summed E-state index contributed by atoms with van der Waals surface area (Å²) < 4.78 is 0. The molecule has 1 saturated carbocycles. The quantitative estimate of drug-likeness (QED) is 0.575. The average Bonchev–Trinajstić information content (AvgIpc) is 2.97. The van der Waals surface area contributed by atoms with Crippen molar-refractivity contribution in [1.82, 2.24) is 0 Å². The lowest BCUT2D eigenvalue weighted by atomic mass is 10.1. The lowest BCUT2D eigenvalue weighted by Crippen LogP contribution is -1.98. The summed E-state index contributed by atoms with van der Waals surface area (Å²) in [6.45, 7) is 0. The van der Waals surface area contributed by atoms with Crippen molar-refractivity contribution < 1.29 is 20.1 Å². The number of hydrogen-bond acceptors (Lipinski definition) is 4. The SMILES string of the molecule is O=C1C(=Cc2ccc(O)cc2)CCC1=C(O)C=Cc1ccc(O)cc1. The second-order valence-electron chi connectivity index (χ2n) is 5.88. The average molecular weight is 334 g/mol. The number of aromatic hydroxyl groups is 2. The largest absolute Gasteiger partial charge is 0.508 e. The number of allylic oxidation sites excluding steroid dienone is 3. The van der Waals surface area contributed by atoms with E-state index in [0.717, 1.165) is 11.1 Å². The predicted octanol–water partition coefficient (Wildman–Crippen LogP) is 4.37. The van der Waals surface area contributed by atoms with Gasteiger partial charge in [-0.2, -0.15) is 0 Å². The molecule has 1 aliphatic rings. The number of Topliss-reactive ketones (excluding diaryl/α,β-unsaturated/α-hetero) is 1. The van der Waals surface area contributed by atoms with Crippen LogP contribution in [0, 0.1) is 0 Å². The van der Waals surface area contributed by atoms with Crippen molar-refractivity contribution in [2.75, 3.05) is 0 Å². The van der Waals surface area contributed by atoms with Crippen LogP contribution >= 0.6 is 0 Å². The van der Waals surface area contributed by atoms with Crippen LogP contribution in [-0.2, 0) is 4.79 Å². The molecular weight excluding hydrogens is 316 g/mol. The van der Waals surface area contributed by atoms with E-state index in [2.05, 4.69) is 0 Å². The van der Waals surface area contributed by atoms with E-state index in [9.17, 15) is 20.1 Å². The molecule has 1 fully saturated rings. The lowest BCUT2D eigenvalue weighted by molar-refractivity contribution is -0.111. The Morgan fingerprint density at radius 3 is 2.00 bits per heavy atom. The topological polar surface area (TPSA) is 77.8 Å². The molecule has 0 heterocycles. The number of carbonyl (C=O) groups is 1. The number of aliphatic hydroxyl groups excluding tert-OH is 1. The molecule has 25 heavy (non-hydrogen) atoms. The molecule has 0 spiro atoms. The number of carbonyl (C=O) groups excluding carboxylic acids is 1. The van der Waals surface area contributed by atoms with E-state index < -0.39 is 0 Å². The minimum absolute atomic E-state index is 0.0350. The van der Waals surface area contributed by atoms with E-state index in [1.54, 1.807) is 60.7 Å². The fourth-order valence-corrected chi connectivity index (χ4v) is 2.70. The van der Waals surface area contributed by atoms with Gasteiger partial charge in [-0.3, -0.25) is 4.79 Å². The van der Waals surface area contributed by atoms with Crippen molar-refractivity contribution in [1.29, 1.82) is 0 Å². The number of ketones is 1. The Kier molecular flexibility index (Phi) is 4.70. The van der Waals surface area contributed by atoms with Gasteiger partial charge >= 0.3 is 0 Å². The number of aliphatic hydroxyl groups is 1. The third kappa shape index (κ3) is 3.98. The Hall–Kier alpha value is -3.27. The third-order valence-electron chi connectivity index (χ3n) is 4.08. The van der Waals surface area contributed by atoms with Crippen molar-refractivity contribution >= 4 is 17.9 Å². The summed E-state index contributed by atoms with van der Waals surface area (Å²) >= 11 is 0. The molecule has 4 nitrogen and oxygen atoms in total. The maximum Gasteiger partial charge on any atom is 0.188 e. The third-order valence-corrected chi connectivity index (χ3v) is 4.08. The highest BCUT2D eigenvalue weighted by Crippen LogP contribution is 2.30. The van der Waals surface area contributed by atoms with Crippen LogP contribution in [-0.4, -0.2) is 21.1 Å². The maximum atomic E-state index is 12.5. The highest BCUT2D eigenvalue weighted by Gasteiger charge is 2.25. The van der Waals surface area contributed by atoms with Crippen LogP contribution in [0.1, 0.15) is 24.0 Å². The molecule has 126 valence electrons. The molecule has 0 aromatic heterocycles. The van der Waals surface area contributed by atoms with Gasteiger partial charge in [-0.05, 0) is 60.4 Å². The summed E-state index contributed by atoms with van der Waals surface area (Å²) in [5.74, 6) is 0.167. The van der Waals surface area contributed by atoms with Crippen molar-refractivity contribution in [2.24, 2.45) is 0 Å². The molecule has 0 aliphatic heterocycles. The molecule has 0 radical (unpaired) electrons. The summed E-state index contributed by atoms with van der Waals surface area (Å²) in [5.41, 5.74) is 2.70. The number of rotatable bonds is 3. The van der Waals surface area contributed by atoms with Crippen LogP contribution in [0.15, 0.2) is 71.5 Å². The van der Waals surface area contributed by atoms with Gasteiger partial charge in [-0.1, -0.05) is 30.3 Å². The van der Waals surface area contributed by atoms with E-state index in [4.69, 9.17) is 0 Å². The molecule has 0 amide bonds. The molecule has 2 aromatic carbocycles. The van der Waals surface area contributed by atoms with Crippen LogP contribution in [0.5, 0.6) is 11.5 Å². The van der Waals surface area contributed by atoms with Gasteiger partial charge in [-0.25, -0.2) is 0 Å². The molecule has 3 rings (SSSR count). The molecular formula is C21H18O4. The van der Waals surface area contributed by atoms with Gasteiger partial charge < -0.3 is 15.3 Å². The molecule has 0 unspecified atom stereocenters. The first-order chi connectivity index (χ1) is 12.0. The second kappa shape index (κ2) is 7.09. The highest BCUT2D eigenvalue weighted by molar-refractivity contribution is 6.13. The van der Waals surface area contributed by atoms with E-state index in [-0.39, 0.29) is 23.0 Å². The first-order valence-electron chi connectivity index (χ1n) is 7.96. The monoisotopic (exact) mass is 334 g/mol. The molecule has 0 bridgehead atoms. The Bertz CT molecular complexity index is 869.